The van der Waals surface area contributed by atoms with E-state index in [-0.39, 0.29) is 0 Å². The zero-order valence-electron chi connectivity index (χ0n) is 5.56. The number of hydrogen-bond donors (Lipinski definition) is 0. The van der Waals surface area contributed by atoms with Gasteiger partial charge in [-0.25, -0.2) is 4.98 Å². The highest BCUT2D eigenvalue weighted by Crippen LogP contribution is 2.08. The fourth-order valence-electron chi connectivity index (χ4n) is 0.699. The normalized spacial score (nSPS) is 8.90. The Morgan fingerprint density at radius 1 is 1.60 bits per heavy atom. The Balaban J connectivity index is 3.22. The summed E-state index contributed by atoms with van der Waals surface area (Å²) in [6.07, 6.45) is 5.12. The lowest BCUT2D eigenvalue weighted by Gasteiger charge is -1.93. The van der Waals surface area contributed by atoms with Crippen LogP contribution in [-0.4, -0.2) is 4.98 Å². The van der Waals surface area contributed by atoms with Crippen LogP contribution in [0.25, 0.3) is 0 Å². The Kier molecular flexibility index (Phi) is 1.94. The number of aryl methyl sites for hydroxylation is 1. The summed E-state index contributed by atoms with van der Waals surface area (Å²) in [6.45, 7) is 1.92. The van der Waals surface area contributed by atoms with Crippen molar-refractivity contribution in [3.05, 3.63) is 28.5 Å². The summed E-state index contributed by atoms with van der Waals surface area (Å²) in [5.41, 5.74) is 1.62. The zero-order valence-corrected chi connectivity index (χ0v) is 6.31. The molecule has 1 rings (SSSR count). The summed E-state index contributed by atoms with van der Waals surface area (Å²) in [5, 5.41) is 0.452. The van der Waals surface area contributed by atoms with Crippen LogP contribution < -0.4 is 0 Å². The van der Waals surface area contributed by atoms with Crippen molar-refractivity contribution in [1.82, 2.24) is 4.98 Å². The molecule has 0 N–H and O–H groups in total. The van der Waals surface area contributed by atoms with Crippen LogP contribution in [0.2, 0.25) is 5.15 Å². The number of terminal acetylenes is 1. The lowest BCUT2D eigenvalue weighted by molar-refractivity contribution is 1.25. The molecule has 0 aliphatic rings. The Hall–Kier alpha value is -1.00. The van der Waals surface area contributed by atoms with Gasteiger partial charge in [-0.05, 0) is 24.6 Å². The van der Waals surface area contributed by atoms with Crippen LogP contribution in [0, 0.1) is 19.3 Å². The van der Waals surface area contributed by atoms with Crippen molar-refractivity contribution in [2.45, 2.75) is 6.92 Å². The maximum atomic E-state index is 5.62. The van der Waals surface area contributed by atoms with Gasteiger partial charge in [0, 0.05) is 0 Å². The van der Waals surface area contributed by atoms with Gasteiger partial charge >= 0.3 is 0 Å². The Bertz CT molecular complexity index is 266. The predicted octanol–water partition coefficient (Wildman–Crippen LogP) is 2.02. The molecule has 0 aliphatic carbocycles. The summed E-state index contributed by atoms with van der Waals surface area (Å²) < 4.78 is 0. The van der Waals surface area contributed by atoms with Crippen LogP contribution in [0.1, 0.15) is 11.3 Å². The zero-order chi connectivity index (χ0) is 7.56. The first-order chi connectivity index (χ1) is 4.72. The fourth-order valence-corrected chi connectivity index (χ4v) is 0.962. The molecule has 0 saturated heterocycles. The molecule has 0 aromatic carbocycles. The first-order valence-electron chi connectivity index (χ1n) is 2.83. The number of rotatable bonds is 0. The molecule has 0 saturated carbocycles. The quantitative estimate of drug-likeness (QED) is 0.409. The molecule has 2 heteroatoms. The third kappa shape index (κ3) is 1.49. The van der Waals surface area contributed by atoms with E-state index in [1.165, 1.54) is 0 Å². The van der Waals surface area contributed by atoms with Gasteiger partial charge in [0.25, 0.3) is 0 Å². The molecule has 1 nitrogen and oxygen atoms in total. The van der Waals surface area contributed by atoms with E-state index in [1.807, 2.05) is 13.0 Å². The van der Waals surface area contributed by atoms with Crippen molar-refractivity contribution in [3.63, 3.8) is 0 Å². The van der Waals surface area contributed by atoms with E-state index >= 15 is 0 Å². The molecule has 1 aromatic rings. The van der Waals surface area contributed by atoms with Gasteiger partial charge in [-0.3, -0.25) is 0 Å². The van der Waals surface area contributed by atoms with Gasteiger partial charge in [-0.2, -0.15) is 0 Å². The molecule has 50 valence electrons. The van der Waals surface area contributed by atoms with Gasteiger partial charge in [-0.1, -0.05) is 17.5 Å². The lowest BCUT2D eigenvalue weighted by atomic mass is 10.2. The van der Waals surface area contributed by atoms with E-state index in [0.717, 1.165) is 5.56 Å². The number of aromatic nitrogens is 1. The third-order valence-electron chi connectivity index (χ3n) is 1.09. The molecule has 0 aliphatic heterocycles. The molecular weight excluding hydrogens is 146 g/mol. The average Bonchev–Trinajstić information content (AvgIpc) is 1.85. The van der Waals surface area contributed by atoms with Gasteiger partial charge in [0.1, 0.15) is 10.8 Å². The Morgan fingerprint density at radius 2 is 2.30 bits per heavy atom. The standard InChI is InChI=1S/C8H6ClN/c1-3-7-4-6(2)5-8(9)10-7/h1,4-5H,2H3. The van der Waals surface area contributed by atoms with Gasteiger partial charge in [0.05, 0.1) is 0 Å². The maximum Gasteiger partial charge on any atom is 0.130 e. The van der Waals surface area contributed by atoms with Crippen LogP contribution >= 0.6 is 11.6 Å². The van der Waals surface area contributed by atoms with Gasteiger partial charge in [0.15, 0.2) is 0 Å². The molecular formula is C8H6ClN. The van der Waals surface area contributed by atoms with E-state index in [2.05, 4.69) is 10.9 Å². The number of pyridine rings is 1. The summed E-state index contributed by atoms with van der Waals surface area (Å²) in [5.74, 6) is 2.41. The lowest BCUT2D eigenvalue weighted by Crippen LogP contribution is -1.83. The van der Waals surface area contributed by atoms with E-state index in [9.17, 15) is 0 Å². The topological polar surface area (TPSA) is 12.9 Å². The highest BCUT2D eigenvalue weighted by Gasteiger charge is 1.93. The number of hydrogen-bond acceptors (Lipinski definition) is 1. The second-order valence-corrected chi connectivity index (χ2v) is 2.38. The first kappa shape index (κ1) is 7.11. The third-order valence-corrected chi connectivity index (χ3v) is 1.28. The summed E-state index contributed by atoms with van der Waals surface area (Å²) in [4.78, 5) is 3.88. The van der Waals surface area contributed by atoms with E-state index < -0.39 is 0 Å². The molecule has 0 spiro atoms. The number of halogens is 1. The Labute approximate surface area is 65.0 Å². The largest absolute Gasteiger partial charge is 0.228 e. The molecule has 0 radical (unpaired) electrons. The van der Waals surface area contributed by atoms with E-state index in [0.29, 0.717) is 10.8 Å². The summed E-state index contributed by atoms with van der Waals surface area (Å²) in [7, 11) is 0. The van der Waals surface area contributed by atoms with Crippen LogP contribution in [0.4, 0.5) is 0 Å². The van der Waals surface area contributed by atoms with Crippen LogP contribution in [-0.2, 0) is 0 Å². The van der Waals surface area contributed by atoms with E-state index in [1.54, 1.807) is 6.07 Å². The Morgan fingerprint density at radius 3 is 2.80 bits per heavy atom. The maximum absolute atomic E-state index is 5.62. The van der Waals surface area contributed by atoms with Crippen LogP contribution in [0.5, 0.6) is 0 Å². The molecule has 0 unspecified atom stereocenters. The highest BCUT2D eigenvalue weighted by molar-refractivity contribution is 6.29. The van der Waals surface area contributed by atoms with Crippen LogP contribution in [0.3, 0.4) is 0 Å². The summed E-state index contributed by atoms with van der Waals surface area (Å²) >= 11 is 5.62. The molecule has 1 heterocycles. The second kappa shape index (κ2) is 2.72. The molecule has 0 bridgehead atoms. The minimum Gasteiger partial charge on any atom is -0.228 e. The van der Waals surface area contributed by atoms with Crippen molar-refractivity contribution in [2.24, 2.45) is 0 Å². The van der Waals surface area contributed by atoms with Crippen molar-refractivity contribution < 1.29 is 0 Å². The second-order valence-electron chi connectivity index (χ2n) is 2.00. The molecule has 0 amide bonds. The molecule has 1 aromatic heterocycles. The smallest absolute Gasteiger partial charge is 0.130 e. The van der Waals surface area contributed by atoms with Crippen molar-refractivity contribution >= 4 is 11.6 Å². The molecule has 0 fully saturated rings. The SMILES string of the molecule is C#Cc1cc(C)cc(Cl)n1. The van der Waals surface area contributed by atoms with Gasteiger partial charge in [-0.15, -0.1) is 6.42 Å². The highest BCUT2D eigenvalue weighted by atomic mass is 35.5. The molecule has 0 atom stereocenters. The van der Waals surface area contributed by atoms with Crippen molar-refractivity contribution in [2.75, 3.05) is 0 Å². The number of nitrogens with zero attached hydrogens (tertiary/aromatic N) is 1. The first-order valence-corrected chi connectivity index (χ1v) is 3.21. The van der Waals surface area contributed by atoms with E-state index in [4.69, 9.17) is 18.0 Å². The molecule has 10 heavy (non-hydrogen) atoms. The average molecular weight is 152 g/mol. The van der Waals surface area contributed by atoms with Crippen molar-refractivity contribution in [3.8, 4) is 12.3 Å². The fraction of sp³-hybridized carbons (Fsp3) is 0.125. The predicted molar refractivity (Wildman–Crippen MR) is 41.9 cm³/mol. The minimum absolute atomic E-state index is 0.452. The van der Waals surface area contributed by atoms with Gasteiger partial charge in [0.2, 0.25) is 0 Å². The van der Waals surface area contributed by atoms with Gasteiger partial charge < -0.3 is 0 Å². The monoisotopic (exact) mass is 151 g/mol. The van der Waals surface area contributed by atoms with Crippen LogP contribution in [0.15, 0.2) is 12.1 Å². The minimum atomic E-state index is 0.452. The summed E-state index contributed by atoms with van der Waals surface area (Å²) in [6, 6.07) is 3.58. The van der Waals surface area contributed by atoms with Crippen molar-refractivity contribution in [1.29, 1.82) is 0 Å².